The van der Waals surface area contributed by atoms with Gasteiger partial charge in [0, 0.05) is 18.7 Å². The fraction of sp³-hybridized carbons (Fsp3) is 0.231. The standard InChI is InChI=1S/C13H14N4O4/c1-9-14-7-13(17(19)20)16(9)8-12(18)15-10-4-3-5-11(6-10)21-2/h3-7H,8H2,1-2H3,(H,15,18). The Bertz CT molecular complexity index is 681. The van der Waals surface area contributed by atoms with Crippen LogP contribution in [0, 0.1) is 17.0 Å². The summed E-state index contributed by atoms with van der Waals surface area (Å²) < 4.78 is 6.30. The van der Waals surface area contributed by atoms with E-state index in [2.05, 4.69) is 10.3 Å². The number of aromatic nitrogens is 2. The number of anilines is 1. The number of hydrogen-bond acceptors (Lipinski definition) is 5. The van der Waals surface area contributed by atoms with Crippen LogP contribution in [-0.4, -0.2) is 27.5 Å². The third-order valence-electron chi connectivity index (χ3n) is 2.88. The van der Waals surface area contributed by atoms with E-state index < -0.39 is 4.92 Å². The maximum Gasteiger partial charge on any atom is 0.343 e. The van der Waals surface area contributed by atoms with E-state index >= 15 is 0 Å². The van der Waals surface area contributed by atoms with Gasteiger partial charge in [-0.05, 0) is 17.1 Å². The van der Waals surface area contributed by atoms with Crippen molar-refractivity contribution in [1.29, 1.82) is 0 Å². The zero-order chi connectivity index (χ0) is 15.4. The number of hydrogen-bond donors (Lipinski definition) is 1. The van der Waals surface area contributed by atoms with Crippen molar-refractivity contribution in [3.8, 4) is 5.75 Å². The van der Waals surface area contributed by atoms with Crippen LogP contribution in [0.2, 0.25) is 0 Å². The molecule has 0 unspecified atom stereocenters. The smallest absolute Gasteiger partial charge is 0.343 e. The second-order valence-corrected chi connectivity index (χ2v) is 4.29. The minimum atomic E-state index is -0.571. The van der Waals surface area contributed by atoms with Crippen molar-refractivity contribution in [3.63, 3.8) is 0 Å². The highest BCUT2D eigenvalue weighted by atomic mass is 16.6. The molecule has 0 atom stereocenters. The second-order valence-electron chi connectivity index (χ2n) is 4.29. The minimum Gasteiger partial charge on any atom is -0.497 e. The van der Waals surface area contributed by atoms with Crippen molar-refractivity contribution in [1.82, 2.24) is 9.55 Å². The van der Waals surface area contributed by atoms with Gasteiger partial charge in [0.25, 0.3) is 5.91 Å². The van der Waals surface area contributed by atoms with E-state index in [-0.39, 0.29) is 18.3 Å². The molecule has 0 radical (unpaired) electrons. The molecular weight excluding hydrogens is 276 g/mol. The lowest BCUT2D eigenvalue weighted by Crippen LogP contribution is -2.20. The number of benzene rings is 1. The van der Waals surface area contributed by atoms with Crippen molar-refractivity contribution >= 4 is 17.4 Å². The molecule has 0 aliphatic carbocycles. The predicted molar refractivity (Wildman–Crippen MR) is 75.2 cm³/mol. The van der Waals surface area contributed by atoms with Crippen molar-refractivity contribution in [2.45, 2.75) is 13.5 Å². The van der Waals surface area contributed by atoms with Crippen LogP contribution < -0.4 is 10.1 Å². The van der Waals surface area contributed by atoms with Crippen LogP contribution in [-0.2, 0) is 11.3 Å². The molecule has 0 spiro atoms. The van der Waals surface area contributed by atoms with E-state index in [1.807, 2.05) is 0 Å². The average molecular weight is 290 g/mol. The molecule has 2 aromatic rings. The lowest BCUT2D eigenvalue weighted by Gasteiger charge is -2.07. The first-order chi connectivity index (χ1) is 10.0. The highest BCUT2D eigenvalue weighted by Crippen LogP contribution is 2.17. The quantitative estimate of drug-likeness (QED) is 0.668. The van der Waals surface area contributed by atoms with Crippen molar-refractivity contribution < 1.29 is 14.5 Å². The lowest BCUT2D eigenvalue weighted by atomic mass is 10.3. The average Bonchev–Trinajstić information content (AvgIpc) is 2.80. The second kappa shape index (κ2) is 6.04. The molecule has 0 fully saturated rings. The zero-order valence-corrected chi connectivity index (χ0v) is 11.6. The molecule has 0 saturated carbocycles. The number of methoxy groups -OCH3 is 1. The number of rotatable bonds is 5. The Kier molecular flexibility index (Phi) is 4.17. The first-order valence-electron chi connectivity index (χ1n) is 6.11. The van der Waals surface area contributed by atoms with Gasteiger partial charge in [0.05, 0.1) is 7.11 Å². The van der Waals surface area contributed by atoms with Crippen molar-refractivity contribution in [3.05, 3.63) is 46.4 Å². The van der Waals surface area contributed by atoms with Crippen molar-refractivity contribution in [2.75, 3.05) is 12.4 Å². The molecule has 1 N–H and O–H groups in total. The fourth-order valence-electron chi connectivity index (χ4n) is 1.84. The summed E-state index contributed by atoms with van der Waals surface area (Å²) in [6.07, 6.45) is 1.13. The van der Waals surface area contributed by atoms with Gasteiger partial charge < -0.3 is 20.2 Å². The molecule has 0 saturated heterocycles. The number of carbonyl (C=O) groups excluding carboxylic acids is 1. The van der Waals surface area contributed by atoms with Gasteiger partial charge in [0.1, 0.15) is 11.9 Å². The van der Waals surface area contributed by atoms with Crippen LogP contribution in [0.15, 0.2) is 30.5 Å². The molecule has 21 heavy (non-hydrogen) atoms. The van der Waals surface area contributed by atoms with Crippen LogP contribution in [0.1, 0.15) is 5.82 Å². The number of aryl methyl sites for hydroxylation is 1. The molecule has 2 rings (SSSR count). The van der Waals surface area contributed by atoms with Gasteiger partial charge >= 0.3 is 5.82 Å². The Morgan fingerprint density at radius 2 is 2.29 bits per heavy atom. The molecule has 1 amide bonds. The highest BCUT2D eigenvalue weighted by molar-refractivity contribution is 5.90. The summed E-state index contributed by atoms with van der Waals surface area (Å²) in [6, 6.07) is 6.85. The zero-order valence-electron chi connectivity index (χ0n) is 11.6. The maximum absolute atomic E-state index is 12.0. The molecule has 0 aliphatic rings. The number of amides is 1. The van der Waals surface area contributed by atoms with Crippen molar-refractivity contribution in [2.24, 2.45) is 0 Å². The summed E-state index contributed by atoms with van der Waals surface area (Å²) in [4.78, 5) is 26.1. The normalized spacial score (nSPS) is 10.2. The monoisotopic (exact) mass is 290 g/mol. The molecule has 1 heterocycles. The number of nitrogens with one attached hydrogen (secondary N) is 1. The SMILES string of the molecule is COc1cccc(NC(=O)Cn2c([N+](=O)[O-])cnc2C)c1. The number of imidazole rings is 1. The Hall–Kier alpha value is -2.90. The van der Waals surface area contributed by atoms with Crippen LogP contribution in [0.5, 0.6) is 5.75 Å². The Balaban J connectivity index is 2.11. The summed E-state index contributed by atoms with van der Waals surface area (Å²) in [5.41, 5.74) is 0.555. The maximum atomic E-state index is 12.0. The molecule has 1 aromatic carbocycles. The summed E-state index contributed by atoms with van der Waals surface area (Å²) in [5, 5.41) is 13.5. The van der Waals surface area contributed by atoms with Gasteiger partial charge in [-0.25, -0.2) is 9.55 Å². The van der Waals surface area contributed by atoms with Gasteiger partial charge in [-0.3, -0.25) is 4.79 Å². The highest BCUT2D eigenvalue weighted by Gasteiger charge is 2.20. The third kappa shape index (κ3) is 3.35. The number of ether oxygens (including phenoxy) is 1. The van der Waals surface area contributed by atoms with Crippen LogP contribution in [0.4, 0.5) is 11.5 Å². The van der Waals surface area contributed by atoms with E-state index in [0.717, 1.165) is 6.20 Å². The van der Waals surface area contributed by atoms with E-state index in [9.17, 15) is 14.9 Å². The topological polar surface area (TPSA) is 99.3 Å². The number of nitrogens with zero attached hydrogens (tertiary/aromatic N) is 3. The first-order valence-corrected chi connectivity index (χ1v) is 6.11. The number of carbonyl (C=O) groups is 1. The Labute approximate surface area is 120 Å². The molecule has 1 aromatic heterocycles. The van der Waals surface area contributed by atoms with E-state index in [1.165, 1.54) is 11.7 Å². The summed E-state index contributed by atoms with van der Waals surface area (Å²) >= 11 is 0. The Morgan fingerprint density at radius 1 is 1.52 bits per heavy atom. The third-order valence-corrected chi connectivity index (χ3v) is 2.88. The molecule has 0 bridgehead atoms. The van der Waals surface area contributed by atoms with Crippen LogP contribution >= 0.6 is 0 Å². The summed E-state index contributed by atoms with van der Waals surface area (Å²) in [6.45, 7) is 1.42. The fourth-order valence-corrected chi connectivity index (χ4v) is 1.84. The predicted octanol–water partition coefficient (Wildman–Crippen LogP) is 1.75. The first kappa shape index (κ1) is 14.5. The minimum absolute atomic E-state index is 0.181. The summed E-state index contributed by atoms with van der Waals surface area (Å²) in [5.74, 6) is 0.417. The van der Waals surface area contributed by atoms with Gasteiger partial charge in [0.15, 0.2) is 12.4 Å². The van der Waals surface area contributed by atoms with Crippen LogP contribution in [0.3, 0.4) is 0 Å². The van der Waals surface area contributed by atoms with E-state index in [4.69, 9.17) is 4.74 Å². The summed E-state index contributed by atoms with van der Waals surface area (Å²) in [7, 11) is 1.53. The lowest BCUT2D eigenvalue weighted by molar-refractivity contribution is -0.392. The van der Waals surface area contributed by atoms with Gasteiger partial charge in [0.2, 0.25) is 0 Å². The van der Waals surface area contributed by atoms with Gasteiger partial charge in [-0.15, -0.1) is 0 Å². The molecular formula is C13H14N4O4. The molecule has 110 valence electrons. The van der Waals surface area contributed by atoms with E-state index in [0.29, 0.717) is 17.3 Å². The number of nitro groups is 1. The molecule has 8 heteroatoms. The molecule has 0 aliphatic heterocycles. The van der Waals surface area contributed by atoms with Gasteiger partial charge in [-0.2, -0.15) is 0 Å². The Morgan fingerprint density at radius 3 is 2.95 bits per heavy atom. The largest absolute Gasteiger partial charge is 0.497 e. The van der Waals surface area contributed by atoms with E-state index in [1.54, 1.807) is 31.2 Å². The van der Waals surface area contributed by atoms with Gasteiger partial charge in [-0.1, -0.05) is 6.07 Å². The van der Waals surface area contributed by atoms with Crippen LogP contribution in [0.25, 0.3) is 0 Å². The molecule has 8 nitrogen and oxygen atoms in total.